The van der Waals surface area contributed by atoms with Gasteiger partial charge in [0.15, 0.2) is 0 Å². The van der Waals surface area contributed by atoms with E-state index in [1.54, 1.807) is 0 Å². The van der Waals surface area contributed by atoms with E-state index in [4.69, 9.17) is 5.11 Å². The first kappa shape index (κ1) is 16.1. The van der Waals surface area contributed by atoms with Gasteiger partial charge < -0.3 is 14.9 Å². The number of nitrogens with zero attached hydrogens (tertiary/aromatic N) is 2. The van der Waals surface area contributed by atoms with Crippen molar-refractivity contribution in [2.75, 3.05) is 19.6 Å². The Morgan fingerprint density at radius 2 is 1.95 bits per heavy atom. The SMILES string of the molecule is CC(CC(=O)O)C1CCCN(C(=O)N2CCCCC2C)C1. The van der Waals surface area contributed by atoms with Gasteiger partial charge in [0, 0.05) is 32.1 Å². The maximum Gasteiger partial charge on any atom is 0.320 e. The zero-order valence-corrected chi connectivity index (χ0v) is 13.3. The van der Waals surface area contributed by atoms with Gasteiger partial charge in [-0.15, -0.1) is 0 Å². The van der Waals surface area contributed by atoms with Crippen LogP contribution in [0.3, 0.4) is 0 Å². The van der Waals surface area contributed by atoms with Crippen LogP contribution in [0.2, 0.25) is 0 Å². The highest BCUT2D eigenvalue weighted by atomic mass is 16.4. The second-order valence-corrected chi connectivity index (χ2v) is 6.74. The fourth-order valence-electron chi connectivity index (χ4n) is 3.65. The van der Waals surface area contributed by atoms with Crippen molar-refractivity contribution in [3.05, 3.63) is 0 Å². The van der Waals surface area contributed by atoms with Crippen LogP contribution < -0.4 is 0 Å². The lowest BCUT2D eigenvalue weighted by Gasteiger charge is -2.41. The summed E-state index contributed by atoms with van der Waals surface area (Å²) in [4.78, 5) is 27.5. The second kappa shape index (κ2) is 7.14. The molecular formula is C16H28N2O3. The zero-order chi connectivity index (χ0) is 15.4. The Balaban J connectivity index is 1.93. The molecule has 0 bridgehead atoms. The van der Waals surface area contributed by atoms with E-state index < -0.39 is 5.97 Å². The topological polar surface area (TPSA) is 60.9 Å². The Morgan fingerprint density at radius 3 is 2.62 bits per heavy atom. The average Bonchev–Trinajstić information content (AvgIpc) is 2.46. The molecule has 2 heterocycles. The van der Waals surface area contributed by atoms with Crippen molar-refractivity contribution in [2.45, 2.75) is 58.4 Å². The summed E-state index contributed by atoms with van der Waals surface area (Å²) in [7, 11) is 0. The number of rotatable bonds is 3. The van der Waals surface area contributed by atoms with Crippen LogP contribution in [0.5, 0.6) is 0 Å². The number of likely N-dealkylation sites (tertiary alicyclic amines) is 2. The van der Waals surface area contributed by atoms with E-state index >= 15 is 0 Å². The molecule has 5 heteroatoms. The summed E-state index contributed by atoms with van der Waals surface area (Å²) < 4.78 is 0. The third-order valence-electron chi connectivity index (χ3n) is 5.08. The first-order valence-corrected chi connectivity index (χ1v) is 8.26. The van der Waals surface area contributed by atoms with Gasteiger partial charge in [0.2, 0.25) is 0 Å². The quantitative estimate of drug-likeness (QED) is 0.871. The van der Waals surface area contributed by atoms with Crippen molar-refractivity contribution >= 4 is 12.0 Å². The molecule has 21 heavy (non-hydrogen) atoms. The highest BCUT2D eigenvalue weighted by Gasteiger charge is 2.32. The number of piperidine rings is 2. The molecule has 3 unspecified atom stereocenters. The summed E-state index contributed by atoms with van der Waals surface area (Å²) in [6, 6.07) is 0.498. The molecule has 0 aromatic heterocycles. The number of carbonyl (C=O) groups excluding carboxylic acids is 1. The number of hydrogen-bond acceptors (Lipinski definition) is 2. The van der Waals surface area contributed by atoms with Crippen LogP contribution >= 0.6 is 0 Å². The number of carbonyl (C=O) groups is 2. The zero-order valence-electron chi connectivity index (χ0n) is 13.3. The van der Waals surface area contributed by atoms with Crippen LogP contribution in [-0.4, -0.2) is 52.6 Å². The molecule has 5 nitrogen and oxygen atoms in total. The van der Waals surface area contributed by atoms with Gasteiger partial charge in [-0.2, -0.15) is 0 Å². The Labute approximate surface area is 127 Å². The van der Waals surface area contributed by atoms with Gasteiger partial charge in [-0.25, -0.2) is 4.79 Å². The van der Waals surface area contributed by atoms with Gasteiger partial charge in [-0.1, -0.05) is 6.92 Å². The van der Waals surface area contributed by atoms with Crippen molar-refractivity contribution in [1.82, 2.24) is 9.80 Å². The smallest absolute Gasteiger partial charge is 0.320 e. The number of urea groups is 1. The molecule has 120 valence electrons. The number of hydrogen-bond donors (Lipinski definition) is 1. The van der Waals surface area contributed by atoms with Crippen LogP contribution in [0.4, 0.5) is 4.79 Å². The highest BCUT2D eigenvalue weighted by Crippen LogP contribution is 2.28. The van der Waals surface area contributed by atoms with Crippen LogP contribution in [0.15, 0.2) is 0 Å². The normalized spacial score (nSPS) is 28.3. The van der Waals surface area contributed by atoms with E-state index in [9.17, 15) is 9.59 Å². The molecule has 2 amide bonds. The summed E-state index contributed by atoms with van der Waals surface area (Å²) in [6.45, 7) is 6.53. The minimum atomic E-state index is -0.740. The summed E-state index contributed by atoms with van der Waals surface area (Å²) >= 11 is 0. The Hall–Kier alpha value is -1.26. The lowest BCUT2D eigenvalue weighted by atomic mass is 9.85. The highest BCUT2D eigenvalue weighted by molar-refractivity contribution is 5.75. The average molecular weight is 296 g/mol. The maximum absolute atomic E-state index is 12.7. The predicted molar refractivity (Wildman–Crippen MR) is 81.1 cm³/mol. The fourth-order valence-corrected chi connectivity index (χ4v) is 3.65. The maximum atomic E-state index is 12.7. The summed E-state index contributed by atoms with van der Waals surface area (Å²) in [5.74, 6) is -0.286. The molecule has 2 aliphatic heterocycles. The van der Waals surface area contributed by atoms with Crippen molar-refractivity contribution in [3.63, 3.8) is 0 Å². The molecule has 0 aliphatic carbocycles. The molecule has 2 saturated heterocycles. The van der Waals surface area contributed by atoms with E-state index in [2.05, 4.69) is 6.92 Å². The van der Waals surface area contributed by atoms with E-state index in [1.165, 1.54) is 6.42 Å². The lowest BCUT2D eigenvalue weighted by Crippen LogP contribution is -2.52. The third-order valence-corrected chi connectivity index (χ3v) is 5.08. The Kier molecular flexibility index (Phi) is 5.48. The third kappa shape index (κ3) is 4.11. The summed E-state index contributed by atoms with van der Waals surface area (Å²) in [5.41, 5.74) is 0. The summed E-state index contributed by atoms with van der Waals surface area (Å²) in [5, 5.41) is 8.94. The molecule has 1 N–H and O–H groups in total. The molecule has 2 fully saturated rings. The van der Waals surface area contributed by atoms with Crippen LogP contribution in [0.25, 0.3) is 0 Å². The first-order chi connectivity index (χ1) is 9.99. The summed E-state index contributed by atoms with van der Waals surface area (Å²) in [6.07, 6.45) is 5.63. The molecule has 0 saturated carbocycles. The number of carboxylic acids is 1. The predicted octanol–water partition coefficient (Wildman–Crippen LogP) is 2.80. The minimum absolute atomic E-state index is 0.136. The molecule has 0 aromatic rings. The molecule has 3 atom stereocenters. The molecule has 0 radical (unpaired) electrons. The van der Waals surface area contributed by atoms with Crippen molar-refractivity contribution in [3.8, 4) is 0 Å². The van der Waals surface area contributed by atoms with E-state index in [-0.39, 0.29) is 18.4 Å². The largest absolute Gasteiger partial charge is 0.481 e. The van der Waals surface area contributed by atoms with Crippen molar-refractivity contribution < 1.29 is 14.7 Å². The van der Waals surface area contributed by atoms with Gasteiger partial charge in [0.25, 0.3) is 0 Å². The molecular weight excluding hydrogens is 268 g/mol. The van der Waals surface area contributed by atoms with Gasteiger partial charge >= 0.3 is 12.0 Å². The van der Waals surface area contributed by atoms with Gasteiger partial charge in [-0.3, -0.25) is 4.79 Å². The molecule has 0 aromatic carbocycles. The van der Waals surface area contributed by atoms with Crippen LogP contribution in [0.1, 0.15) is 52.4 Å². The van der Waals surface area contributed by atoms with Gasteiger partial charge in [0.1, 0.15) is 0 Å². The van der Waals surface area contributed by atoms with E-state index in [1.807, 2.05) is 16.7 Å². The van der Waals surface area contributed by atoms with Gasteiger partial charge in [-0.05, 0) is 50.9 Å². The Bertz CT molecular complexity index is 386. The molecule has 2 aliphatic rings. The van der Waals surface area contributed by atoms with Crippen LogP contribution in [-0.2, 0) is 4.79 Å². The molecule has 2 rings (SSSR count). The second-order valence-electron chi connectivity index (χ2n) is 6.74. The number of amides is 2. The van der Waals surface area contributed by atoms with Crippen LogP contribution in [0, 0.1) is 11.8 Å². The minimum Gasteiger partial charge on any atom is -0.481 e. The number of carboxylic acid groups (broad SMARTS) is 1. The lowest BCUT2D eigenvalue weighted by molar-refractivity contribution is -0.138. The number of aliphatic carboxylic acids is 1. The first-order valence-electron chi connectivity index (χ1n) is 8.26. The van der Waals surface area contributed by atoms with Gasteiger partial charge in [0.05, 0.1) is 0 Å². The molecule has 0 spiro atoms. The van der Waals surface area contributed by atoms with E-state index in [0.29, 0.717) is 12.0 Å². The fraction of sp³-hybridized carbons (Fsp3) is 0.875. The monoisotopic (exact) mass is 296 g/mol. The van der Waals surface area contributed by atoms with Crippen molar-refractivity contribution in [1.29, 1.82) is 0 Å². The van der Waals surface area contributed by atoms with Crippen molar-refractivity contribution in [2.24, 2.45) is 11.8 Å². The van der Waals surface area contributed by atoms with E-state index in [0.717, 1.165) is 45.3 Å². The standard InChI is InChI=1S/C16H28N2O3/c1-12(10-15(19)20)14-7-5-8-17(11-14)16(21)18-9-4-3-6-13(18)2/h12-14H,3-11H2,1-2H3,(H,19,20). The Morgan fingerprint density at radius 1 is 1.19 bits per heavy atom.